The van der Waals surface area contributed by atoms with Crippen LogP contribution in [-0.4, -0.2) is 65.5 Å². The molecule has 0 unspecified atom stereocenters. The number of piperidine rings is 2. The number of rotatable bonds is 5. The Morgan fingerprint density at radius 2 is 1.45 bits per heavy atom. The van der Waals surface area contributed by atoms with Crippen LogP contribution < -0.4 is 0 Å². The molecule has 0 aliphatic carbocycles. The van der Waals surface area contributed by atoms with Crippen LogP contribution >= 0.6 is 0 Å². The van der Waals surface area contributed by atoms with Gasteiger partial charge in [0.2, 0.25) is 23.6 Å². The van der Waals surface area contributed by atoms with Crippen molar-refractivity contribution >= 4 is 23.6 Å². The SMILES string of the molecule is CN(Cc1cc(C(F)(F)F)cc(C(F)(F)F)c1)C(=O)[C@@H]1CCN(C(=O)C2CC(=O)N(C)C(=O)C2)C[C@H]1c1ccccc1. The first-order chi connectivity index (χ1) is 19.6. The van der Waals surface area contributed by atoms with Crippen molar-refractivity contribution < 1.29 is 45.5 Å². The van der Waals surface area contributed by atoms with Crippen molar-refractivity contribution in [1.82, 2.24) is 14.7 Å². The summed E-state index contributed by atoms with van der Waals surface area (Å²) in [7, 11) is 2.67. The maximum absolute atomic E-state index is 13.6. The summed E-state index contributed by atoms with van der Waals surface area (Å²) in [6.07, 6.45) is -10.1. The molecule has 13 heteroatoms. The number of likely N-dealkylation sites (tertiary alicyclic amines) is 2. The van der Waals surface area contributed by atoms with E-state index in [9.17, 15) is 45.5 Å². The third kappa shape index (κ3) is 6.76. The van der Waals surface area contributed by atoms with Gasteiger partial charge in [-0.25, -0.2) is 0 Å². The summed E-state index contributed by atoms with van der Waals surface area (Å²) in [6.45, 7) is -0.279. The van der Waals surface area contributed by atoms with Gasteiger partial charge in [0.15, 0.2) is 0 Å². The summed E-state index contributed by atoms with van der Waals surface area (Å²) in [5, 5.41) is 0. The van der Waals surface area contributed by atoms with Gasteiger partial charge in [0.25, 0.3) is 0 Å². The summed E-state index contributed by atoms with van der Waals surface area (Å²) in [4.78, 5) is 54.9. The summed E-state index contributed by atoms with van der Waals surface area (Å²) in [5.41, 5.74) is -2.54. The first-order valence-electron chi connectivity index (χ1n) is 13.2. The zero-order chi connectivity index (χ0) is 31.0. The van der Waals surface area contributed by atoms with Crippen LogP contribution in [-0.2, 0) is 38.1 Å². The number of alkyl halides is 6. The van der Waals surface area contributed by atoms with Crippen LogP contribution in [0.15, 0.2) is 48.5 Å². The summed E-state index contributed by atoms with van der Waals surface area (Å²) in [5.74, 6) is -3.88. The first-order valence-corrected chi connectivity index (χ1v) is 13.2. The van der Waals surface area contributed by atoms with Crippen LogP contribution in [0.1, 0.15) is 47.4 Å². The lowest BCUT2D eigenvalue weighted by molar-refractivity contribution is -0.155. The molecule has 0 bridgehead atoms. The predicted molar refractivity (Wildman–Crippen MR) is 137 cm³/mol. The Morgan fingerprint density at radius 1 is 0.905 bits per heavy atom. The van der Waals surface area contributed by atoms with E-state index in [1.54, 1.807) is 30.3 Å². The minimum absolute atomic E-state index is 0.0367. The summed E-state index contributed by atoms with van der Waals surface area (Å²) >= 11 is 0. The second kappa shape index (κ2) is 11.8. The number of nitrogens with zero attached hydrogens (tertiary/aromatic N) is 3. The van der Waals surface area contributed by atoms with Gasteiger partial charge in [0.1, 0.15) is 0 Å². The second-order valence-corrected chi connectivity index (χ2v) is 10.8. The normalized spacial score (nSPS) is 20.6. The van der Waals surface area contributed by atoms with Crippen molar-refractivity contribution in [3.8, 4) is 0 Å². The van der Waals surface area contributed by atoms with E-state index in [4.69, 9.17) is 0 Å². The molecule has 2 aliphatic rings. The molecule has 2 aromatic carbocycles. The van der Waals surface area contributed by atoms with Gasteiger partial charge in [-0.1, -0.05) is 30.3 Å². The standard InChI is InChI=1S/C29H29F6N3O4/c1-36(15-17-10-20(28(30,31)32)14-21(11-17)29(33,34)35)27(42)22-8-9-38(16-23(22)18-6-4-3-5-7-18)26(41)19-12-24(39)37(2)25(40)13-19/h3-7,10-11,14,19,22-23H,8-9,12-13,15-16H2,1-2H3/t22-,23+/m1/s1. The number of hydrogen-bond donors (Lipinski definition) is 0. The van der Waals surface area contributed by atoms with Crippen molar-refractivity contribution in [3.05, 3.63) is 70.8 Å². The number of carbonyl (C=O) groups excluding carboxylic acids is 4. The van der Waals surface area contributed by atoms with E-state index in [0.717, 1.165) is 15.4 Å². The maximum atomic E-state index is 13.6. The molecule has 2 aromatic rings. The van der Waals surface area contributed by atoms with Crippen LogP contribution in [0.2, 0.25) is 0 Å². The van der Waals surface area contributed by atoms with E-state index < -0.39 is 65.5 Å². The molecule has 0 spiro atoms. The highest BCUT2D eigenvalue weighted by molar-refractivity contribution is 6.01. The highest BCUT2D eigenvalue weighted by Crippen LogP contribution is 2.38. The Bertz CT molecular complexity index is 1310. The zero-order valence-corrected chi connectivity index (χ0v) is 22.8. The van der Waals surface area contributed by atoms with Gasteiger partial charge in [-0.3, -0.25) is 24.1 Å². The maximum Gasteiger partial charge on any atom is 0.416 e. The lowest BCUT2D eigenvalue weighted by atomic mass is 9.79. The van der Waals surface area contributed by atoms with Crippen molar-refractivity contribution in [3.63, 3.8) is 0 Å². The molecule has 7 nitrogen and oxygen atoms in total. The molecule has 2 saturated heterocycles. The third-order valence-corrected chi connectivity index (χ3v) is 7.85. The van der Waals surface area contributed by atoms with E-state index in [2.05, 4.69) is 0 Å². The quantitative estimate of drug-likeness (QED) is 0.370. The first kappa shape index (κ1) is 31.0. The van der Waals surface area contributed by atoms with Gasteiger partial charge in [0, 0.05) is 58.4 Å². The van der Waals surface area contributed by atoms with Crippen LogP contribution in [0.3, 0.4) is 0 Å². The molecular formula is C29H29F6N3O4. The second-order valence-electron chi connectivity index (χ2n) is 10.8. The molecule has 0 aromatic heterocycles. The topological polar surface area (TPSA) is 78.0 Å². The Labute approximate surface area is 238 Å². The molecule has 226 valence electrons. The average molecular weight is 598 g/mol. The molecule has 2 fully saturated rings. The minimum Gasteiger partial charge on any atom is -0.342 e. The number of carbonyl (C=O) groups is 4. The lowest BCUT2D eigenvalue weighted by Crippen LogP contribution is -2.51. The largest absolute Gasteiger partial charge is 0.416 e. The number of hydrogen-bond acceptors (Lipinski definition) is 4. The van der Waals surface area contributed by atoms with Gasteiger partial charge < -0.3 is 9.80 Å². The van der Waals surface area contributed by atoms with E-state index in [1.807, 2.05) is 0 Å². The molecule has 42 heavy (non-hydrogen) atoms. The molecule has 2 atom stereocenters. The Hall–Kier alpha value is -3.90. The lowest BCUT2D eigenvalue weighted by Gasteiger charge is -2.41. The van der Waals surface area contributed by atoms with Crippen LogP contribution in [0.5, 0.6) is 0 Å². The fourth-order valence-corrected chi connectivity index (χ4v) is 5.57. The van der Waals surface area contributed by atoms with Crippen molar-refractivity contribution in [2.75, 3.05) is 27.2 Å². The smallest absolute Gasteiger partial charge is 0.342 e. The Balaban J connectivity index is 1.56. The van der Waals surface area contributed by atoms with Gasteiger partial charge in [0.05, 0.1) is 17.0 Å². The molecule has 2 heterocycles. The monoisotopic (exact) mass is 597 g/mol. The van der Waals surface area contributed by atoms with E-state index >= 15 is 0 Å². The molecule has 0 saturated carbocycles. The fraction of sp³-hybridized carbons (Fsp3) is 0.448. The third-order valence-electron chi connectivity index (χ3n) is 7.85. The zero-order valence-electron chi connectivity index (χ0n) is 22.8. The van der Waals surface area contributed by atoms with Crippen molar-refractivity contribution in [2.24, 2.45) is 11.8 Å². The van der Waals surface area contributed by atoms with E-state index in [1.165, 1.54) is 19.0 Å². The van der Waals surface area contributed by atoms with Crippen LogP contribution in [0.4, 0.5) is 26.3 Å². The minimum atomic E-state index is -5.01. The molecular weight excluding hydrogens is 568 g/mol. The van der Waals surface area contributed by atoms with Crippen molar-refractivity contribution in [1.29, 1.82) is 0 Å². The van der Waals surface area contributed by atoms with Crippen molar-refractivity contribution in [2.45, 2.75) is 44.1 Å². The van der Waals surface area contributed by atoms with E-state index in [0.29, 0.717) is 12.1 Å². The van der Waals surface area contributed by atoms with Gasteiger partial charge >= 0.3 is 12.4 Å². The van der Waals surface area contributed by atoms with Gasteiger partial charge in [-0.05, 0) is 35.7 Å². The Morgan fingerprint density at radius 3 is 1.98 bits per heavy atom. The van der Waals surface area contributed by atoms with Crippen LogP contribution in [0.25, 0.3) is 0 Å². The molecule has 2 aliphatic heterocycles. The average Bonchev–Trinajstić information content (AvgIpc) is 2.94. The fourth-order valence-electron chi connectivity index (χ4n) is 5.57. The number of imide groups is 1. The summed E-state index contributed by atoms with van der Waals surface area (Å²) in [6, 6.07) is 10.0. The molecule has 0 radical (unpaired) electrons. The molecule has 4 amide bonds. The van der Waals surface area contributed by atoms with Crippen LogP contribution in [0, 0.1) is 11.8 Å². The molecule has 0 N–H and O–H groups in total. The van der Waals surface area contributed by atoms with Gasteiger partial charge in [-0.15, -0.1) is 0 Å². The highest BCUT2D eigenvalue weighted by atomic mass is 19.4. The molecule has 4 rings (SSSR count). The Kier molecular flexibility index (Phi) is 8.70. The highest BCUT2D eigenvalue weighted by Gasteiger charge is 2.42. The predicted octanol–water partition coefficient (Wildman–Crippen LogP) is 4.71. The summed E-state index contributed by atoms with van der Waals surface area (Å²) < 4.78 is 80.0. The van der Waals surface area contributed by atoms with E-state index in [-0.39, 0.29) is 49.9 Å². The number of benzene rings is 2. The van der Waals surface area contributed by atoms with Gasteiger partial charge in [-0.2, -0.15) is 26.3 Å². The number of halogens is 6. The number of amides is 4.